The highest BCUT2D eigenvalue weighted by molar-refractivity contribution is 5.71. The number of hydrogen-bond acceptors (Lipinski definition) is 2. The summed E-state index contributed by atoms with van der Waals surface area (Å²) < 4.78 is 4.76. The van der Waals surface area contributed by atoms with Gasteiger partial charge < -0.3 is 4.74 Å². The normalized spacial score (nSPS) is 14.2. The Morgan fingerprint density at radius 2 is 1.19 bits per heavy atom. The molecule has 1 unspecified atom stereocenters. The van der Waals surface area contributed by atoms with Crippen molar-refractivity contribution in [3.8, 4) is 0 Å². The Kier molecular flexibility index (Phi) is 13.7. The molecule has 0 saturated heterocycles. The Labute approximate surface area is 162 Å². The van der Waals surface area contributed by atoms with E-state index in [4.69, 9.17) is 4.74 Å². The fourth-order valence-electron chi connectivity index (χ4n) is 2.66. The highest BCUT2D eigenvalue weighted by Gasteiger charge is 2.10. The molecule has 2 heteroatoms. The number of hydrogen-bond donors (Lipinski definition) is 0. The third kappa shape index (κ3) is 13.7. The summed E-state index contributed by atoms with van der Waals surface area (Å²) in [4.78, 5) is 11.4. The van der Waals surface area contributed by atoms with Crippen molar-refractivity contribution in [2.75, 3.05) is 7.11 Å². The van der Waals surface area contributed by atoms with Crippen molar-refractivity contribution in [2.45, 2.75) is 86.5 Å². The smallest absolute Gasteiger partial charge is 0.308 e. The molecule has 0 aromatic heterocycles. The van der Waals surface area contributed by atoms with E-state index >= 15 is 0 Å². The van der Waals surface area contributed by atoms with Crippen LogP contribution in [0, 0.1) is 5.92 Å². The van der Waals surface area contributed by atoms with Gasteiger partial charge in [-0.25, -0.2) is 0 Å². The highest BCUT2D eigenvalue weighted by atomic mass is 16.5. The second kappa shape index (κ2) is 14.6. The van der Waals surface area contributed by atoms with Crippen LogP contribution < -0.4 is 0 Å². The number of allylic oxidation sites excluding steroid dienone is 8. The van der Waals surface area contributed by atoms with E-state index in [9.17, 15) is 4.79 Å². The fraction of sp³-hybridized carbons (Fsp3) is 0.625. The van der Waals surface area contributed by atoms with E-state index in [1.54, 1.807) is 0 Å². The molecule has 0 aliphatic rings. The van der Waals surface area contributed by atoms with Gasteiger partial charge in [-0.05, 0) is 79.6 Å². The van der Waals surface area contributed by atoms with Gasteiger partial charge in [-0.3, -0.25) is 4.79 Å². The lowest BCUT2D eigenvalue weighted by molar-refractivity contribution is -0.144. The number of methoxy groups -OCH3 is 1. The first-order valence-corrected chi connectivity index (χ1v) is 9.94. The maximum absolute atomic E-state index is 11.4. The summed E-state index contributed by atoms with van der Waals surface area (Å²) in [5.41, 5.74) is 5.71. The number of carbonyl (C=O) groups is 1. The zero-order chi connectivity index (χ0) is 19.9. The van der Waals surface area contributed by atoms with Crippen LogP contribution in [0.1, 0.15) is 86.5 Å². The third-order valence-electron chi connectivity index (χ3n) is 4.58. The quantitative estimate of drug-likeness (QED) is 0.269. The molecule has 0 aromatic carbocycles. The van der Waals surface area contributed by atoms with Crippen LogP contribution in [0.3, 0.4) is 0 Å². The molecule has 0 amide bonds. The van der Waals surface area contributed by atoms with Crippen molar-refractivity contribution in [1.29, 1.82) is 0 Å². The van der Waals surface area contributed by atoms with Gasteiger partial charge in [0, 0.05) is 0 Å². The largest absolute Gasteiger partial charge is 0.469 e. The second-order valence-electron chi connectivity index (χ2n) is 7.71. The van der Waals surface area contributed by atoms with Crippen LogP contribution in [0.5, 0.6) is 0 Å². The minimum Gasteiger partial charge on any atom is -0.469 e. The van der Waals surface area contributed by atoms with Gasteiger partial charge in [0.15, 0.2) is 0 Å². The van der Waals surface area contributed by atoms with Crippen LogP contribution in [0.4, 0.5) is 0 Å². The molecular formula is C24H40O2. The van der Waals surface area contributed by atoms with Gasteiger partial charge in [-0.15, -0.1) is 0 Å². The number of esters is 1. The Balaban J connectivity index is 4.10. The summed E-state index contributed by atoms with van der Waals surface area (Å²) in [7, 11) is 1.45. The number of ether oxygens (including phenoxy) is 1. The molecule has 26 heavy (non-hydrogen) atoms. The van der Waals surface area contributed by atoms with Crippen LogP contribution in [0.2, 0.25) is 0 Å². The van der Waals surface area contributed by atoms with Gasteiger partial charge in [0.1, 0.15) is 0 Å². The Morgan fingerprint density at radius 3 is 1.62 bits per heavy atom. The first-order valence-electron chi connectivity index (χ1n) is 9.94. The maximum atomic E-state index is 11.4. The minimum atomic E-state index is -0.131. The average molecular weight is 361 g/mol. The van der Waals surface area contributed by atoms with Crippen molar-refractivity contribution < 1.29 is 9.53 Å². The molecule has 2 nitrogen and oxygen atoms in total. The number of carbonyl (C=O) groups excluding carboxylic acids is 1. The topological polar surface area (TPSA) is 26.3 Å². The first kappa shape index (κ1) is 24.4. The monoisotopic (exact) mass is 360 g/mol. The molecule has 0 saturated carbocycles. The van der Waals surface area contributed by atoms with Gasteiger partial charge in [-0.1, -0.05) is 53.5 Å². The van der Waals surface area contributed by atoms with Crippen molar-refractivity contribution in [3.05, 3.63) is 46.6 Å². The molecule has 1 atom stereocenters. The van der Waals surface area contributed by atoms with Crippen LogP contribution in [0.25, 0.3) is 0 Å². The SMILES string of the molecule is COC(=O)C(C)C/C=C(\C)CC/C=C(\C)CC/C=C(\C)CCC=C(C)C. The molecule has 148 valence electrons. The number of rotatable bonds is 12. The Hall–Kier alpha value is -1.57. The Morgan fingerprint density at radius 1 is 0.769 bits per heavy atom. The lowest BCUT2D eigenvalue weighted by Crippen LogP contribution is -2.11. The van der Waals surface area contributed by atoms with Gasteiger partial charge >= 0.3 is 5.97 Å². The van der Waals surface area contributed by atoms with E-state index in [0.29, 0.717) is 0 Å². The zero-order valence-corrected chi connectivity index (χ0v) is 18.2. The molecule has 0 fully saturated rings. The fourth-order valence-corrected chi connectivity index (χ4v) is 2.66. The van der Waals surface area contributed by atoms with Crippen LogP contribution in [0.15, 0.2) is 46.6 Å². The van der Waals surface area contributed by atoms with Crippen LogP contribution in [-0.2, 0) is 9.53 Å². The van der Waals surface area contributed by atoms with Crippen LogP contribution >= 0.6 is 0 Å². The molecule has 0 aliphatic carbocycles. The van der Waals surface area contributed by atoms with Crippen molar-refractivity contribution in [3.63, 3.8) is 0 Å². The summed E-state index contributed by atoms with van der Waals surface area (Å²) in [6.45, 7) is 12.8. The summed E-state index contributed by atoms with van der Waals surface area (Å²) in [6.07, 6.45) is 16.7. The van der Waals surface area contributed by atoms with E-state index < -0.39 is 0 Å². The molecular weight excluding hydrogens is 320 g/mol. The molecule has 0 radical (unpaired) electrons. The summed E-state index contributed by atoms with van der Waals surface area (Å²) in [5.74, 6) is -0.187. The summed E-state index contributed by atoms with van der Waals surface area (Å²) >= 11 is 0. The lowest BCUT2D eigenvalue weighted by Gasteiger charge is -2.06. The Bertz CT molecular complexity index is 528. The van der Waals surface area contributed by atoms with E-state index in [1.807, 2.05) is 6.92 Å². The van der Waals surface area contributed by atoms with Gasteiger partial charge in [0.2, 0.25) is 0 Å². The highest BCUT2D eigenvalue weighted by Crippen LogP contribution is 2.15. The van der Waals surface area contributed by atoms with Crippen molar-refractivity contribution in [1.82, 2.24) is 0 Å². The van der Waals surface area contributed by atoms with Crippen molar-refractivity contribution >= 4 is 5.97 Å². The average Bonchev–Trinajstić information content (AvgIpc) is 2.58. The molecule has 0 heterocycles. The lowest BCUT2D eigenvalue weighted by atomic mass is 10.0. The van der Waals surface area contributed by atoms with Gasteiger partial charge in [-0.2, -0.15) is 0 Å². The van der Waals surface area contributed by atoms with Crippen LogP contribution in [-0.4, -0.2) is 13.1 Å². The summed E-state index contributed by atoms with van der Waals surface area (Å²) in [6, 6.07) is 0. The third-order valence-corrected chi connectivity index (χ3v) is 4.58. The first-order chi connectivity index (χ1) is 12.3. The molecule has 0 N–H and O–H groups in total. The standard InChI is InChI=1S/C24H40O2/c1-19(2)11-8-12-20(3)13-9-14-21(4)15-10-16-22(5)17-18-23(6)24(25)26-7/h11,13,15,17,23H,8-10,12,14,16,18H2,1-7H3/b20-13+,21-15+,22-17+. The van der Waals surface area contributed by atoms with Gasteiger partial charge in [0.25, 0.3) is 0 Å². The predicted molar refractivity (Wildman–Crippen MR) is 114 cm³/mol. The van der Waals surface area contributed by atoms with Gasteiger partial charge in [0.05, 0.1) is 13.0 Å². The zero-order valence-electron chi connectivity index (χ0n) is 18.2. The minimum absolute atomic E-state index is 0.0565. The maximum Gasteiger partial charge on any atom is 0.308 e. The molecule has 0 rings (SSSR count). The molecule has 0 spiro atoms. The van der Waals surface area contributed by atoms with E-state index in [0.717, 1.165) is 38.5 Å². The molecule has 0 bridgehead atoms. The summed E-state index contributed by atoms with van der Waals surface area (Å²) in [5, 5.41) is 0. The molecule has 0 aliphatic heterocycles. The van der Waals surface area contributed by atoms with E-state index in [-0.39, 0.29) is 11.9 Å². The van der Waals surface area contributed by atoms with Crippen molar-refractivity contribution in [2.24, 2.45) is 5.92 Å². The van der Waals surface area contributed by atoms with E-state index in [2.05, 4.69) is 58.9 Å². The second-order valence-corrected chi connectivity index (χ2v) is 7.71. The van der Waals surface area contributed by atoms with E-state index in [1.165, 1.54) is 35.8 Å². The molecule has 0 aromatic rings. The predicted octanol–water partition coefficient (Wildman–Crippen LogP) is 7.33.